The Morgan fingerprint density at radius 3 is 1.22 bits per heavy atom. The summed E-state index contributed by atoms with van der Waals surface area (Å²) in [5.41, 5.74) is 24.0. The third-order valence-electron chi connectivity index (χ3n) is 19.8. The Morgan fingerprint density at radius 2 is 0.747 bits per heavy atom. The molecule has 83 heavy (non-hydrogen) atoms. The lowest BCUT2D eigenvalue weighted by atomic mass is 9.72. The van der Waals surface area contributed by atoms with Crippen LogP contribution >= 0.6 is 0 Å². The molecule has 13 aromatic carbocycles. The highest BCUT2D eigenvalue weighted by atomic mass is 15.0. The molecular formula is C79H46N4. The second kappa shape index (κ2) is 16.4. The van der Waals surface area contributed by atoms with Crippen LogP contribution in [0.1, 0.15) is 74.6 Å². The van der Waals surface area contributed by atoms with Crippen LogP contribution in [0.5, 0.6) is 0 Å². The van der Waals surface area contributed by atoms with Crippen molar-refractivity contribution in [2.45, 2.75) is 30.1 Å². The first kappa shape index (κ1) is 45.0. The van der Waals surface area contributed by atoms with Crippen LogP contribution in [0.15, 0.2) is 243 Å². The van der Waals surface area contributed by atoms with E-state index in [4.69, 9.17) is 0 Å². The minimum absolute atomic E-state index is 0.0576. The van der Waals surface area contributed by atoms with E-state index in [9.17, 15) is 10.5 Å². The number of nitrogens with zero attached hydrogens (tertiary/aromatic N) is 4. The van der Waals surface area contributed by atoms with Crippen LogP contribution in [-0.4, -0.2) is 9.13 Å². The maximum Gasteiger partial charge on any atom is 0.103 e. The zero-order valence-electron chi connectivity index (χ0n) is 44.9. The largest absolute Gasteiger partial charge is 0.307 e. The summed E-state index contributed by atoms with van der Waals surface area (Å²) >= 11 is 0. The smallest absolute Gasteiger partial charge is 0.103 e. The molecule has 0 saturated heterocycles. The van der Waals surface area contributed by atoms with Crippen LogP contribution in [0.4, 0.5) is 0 Å². The van der Waals surface area contributed by atoms with Gasteiger partial charge in [0.05, 0.1) is 44.6 Å². The minimum atomic E-state index is -0.109. The van der Waals surface area contributed by atoms with E-state index in [0.29, 0.717) is 11.1 Å². The van der Waals surface area contributed by atoms with Gasteiger partial charge in [-0.05, 0) is 142 Å². The molecule has 19 rings (SSSR count). The van der Waals surface area contributed by atoms with E-state index in [2.05, 4.69) is 264 Å². The first-order chi connectivity index (χ1) is 41.1. The molecule has 4 nitrogen and oxygen atoms in total. The Bertz CT molecular complexity index is 5190. The van der Waals surface area contributed by atoms with E-state index in [-0.39, 0.29) is 23.7 Å². The molecule has 4 atom stereocenters. The average molecular weight is 1050 g/mol. The van der Waals surface area contributed by atoms with Crippen molar-refractivity contribution in [2.24, 2.45) is 0 Å². The topological polar surface area (TPSA) is 57.4 Å². The van der Waals surface area contributed by atoms with Gasteiger partial charge in [-0.3, -0.25) is 0 Å². The fourth-order valence-corrected chi connectivity index (χ4v) is 16.7. The van der Waals surface area contributed by atoms with E-state index in [1.54, 1.807) is 0 Å². The zero-order chi connectivity index (χ0) is 54.3. The van der Waals surface area contributed by atoms with Gasteiger partial charge in [0.25, 0.3) is 0 Å². The summed E-state index contributed by atoms with van der Waals surface area (Å²) in [5, 5.41) is 36.7. The van der Waals surface area contributed by atoms with E-state index in [0.717, 1.165) is 105 Å². The van der Waals surface area contributed by atoms with Crippen molar-refractivity contribution in [1.82, 2.24) is 9.13 Å². The highest BCUT2D eigenvalue weighted by Crippen LogP contribution is 2.69. The van der Waals surface area contributed by atoms with Crippen molar-refractivity contribution in [1.29, 1.82) is 10.5 Å². The number of fused-ring (bicyclic) bond motifs is 18. The van der Waals surface area contributed by atoms with Crippen LogP contribution in [-0.2, 0) is 0 Å². The molecule has 2 heterocycles. The maximum atomic E-state index is 12.6. The van der Waals surface area contributed by atoms with E-state index in [1.807, 2.05) is 0 Å². The monoisotopic (exact) mass is 1050 g/mol. The molecule has 0 saturated carbocycles. The Morgan fingerprint density at radius 1 is 0.325 bits per heavy atom. The molecule has 4 aliphatic carbocycles. The van der Waals surface area contributed by atoms with Crippen molar-refractivity contribution < 1.29 is 0 Å². The molecule has 0 spiro atoms. The number of rotatable bonds is 4. The molecule has 15 aromatic rings. The molecule has 4 heteroatoms. The fraction of sp³-hybridized carbons (Fsp3) is 0.0633. The lowest BCUT2D eigenvalue weighted by Crippen LogP contribution is -2.16. The number of hydrogen-bond acceptors (Lipinski definition) is 2. The molecule has 2 aromatic heterocycles. The Hall–Kier alpha value is -10.8. The number of aromatic nitrogens is 2. The summed E-state index contributed by atoms with van der Waals surface area (Å²) < 4.78 is 4.90. The van der Waals surface area contributed by atoms with Gasteiger partial charge in [0.1, 0.15) is 12.1 Å². The van der Waals surface area contributed by atoms with Gasteiger partial charge in [-0.1, -0.05) is 218 Å². The van der Waals surface area contributed by atoms with Gasteiger partial charge >= 0.3 is 0 Å². The molecule has 4 unspecified atom stereocenters. The molecule has 0 N–H and O–H groups in total. The second-order valence-corrected chi connectivity index (χ2v) is 23.5. The van der Waals surface area contributed by atoms with Gasteiger partial charge in [-0.25, -0.2) is 0 Å². The van der Waals surface area contributed by atoms with E-state index in [1.165, 1.54) is 66.4 Å². The van der Waals surface area contributed by atoms with Crippen LogP contribution in [0.3, 0.4) is 0 Å². The SMILES string of the molecule is N#Cc1c(C#N)c(-n2c3ccc(-c4ccccc4)cc3c3ccc4ccccc4c32)c2c(c1-n1c3ccc(-c4ccccc4)cc3c3ccc4ccccc4c31)C1CC2C2c3ccccc3-c3ccc4ccc5c(c4c32)C1c1ccccc1-5. The molecule has 0 amide bonds. The maximum absolute atomic E-state index is 12.6. The predicted octanol–water partition coefficient (Wildman–Crippen LogP) is 19.9. The fourth-order valence-electron chi connectivity index (χ4n) is 16.7. The number of nitriles is 2. The summed E-state index contributed by atoms with van der Waals surface area (Å²) in [6.07, 6.45) is 0.808. The van der Waals surface area contributed by atoms with E-state index < -0.39 is 0 Å². The van der Waals surface area contributed by atoms with Crippen LogP contribution in [0.25, 0.3) is 132 Å². The van der Waals surface area contributed by atoms with Gasteiger partial charge in [-0.2, -0.15) is 10.5 Å². The molecule has 0 fully saturated rings. The second-order valence-electron chi connectivity index (χ2n) is 23.5. The van der Waals surface area contributed by atoms with Gasteiger partial charge in [0.2, 0.25) is 0 Å². The molecule has 382 valence electrons. The highest BCUT2D eigenvalue weighted by molar-refractivity contribution is 6.21. The quantitative estimate of drug-likeness (QED) is 0.176. The van der Waals surface area contributed by atoms with Crippen molar-refractivity contribution in [3.05, 3.63) is 287 Å². The number of hydrogen-bond donors (Lipinski definition) is 0. The Labute approximate surface area is 478 Å². The van der Waals surface area contributed by atoms with Crippen LogP contribution in [0.2, 0.25) is 0 Å². The first-order valence-electron chi connectivity index (χ1n) is 29.0. The molecule has 4 aliphatic rings. The van der Waals surface area contributed by atoms with Gasteiger partial charge in [0.15, 0.2) is 0 Å². The van der Waals surface area contributed by atoms with Crippen molar-refractivity contribution in [2.75, 3.05) is 0 Å². The lowest BCUT2D eigenvalue weighted by molar-refractivity contribution is 0.513. The third kappa shape index (κ3) is 5.77. The molecule has 2 bridgehead atoms. The minimum Gasteiger partial charge on any atom is -0.307 e. The van der Waals surface area contributed by atoms with Gasteiger partial charge < -0.3 is 9.13 Å². The number of benzene rings is 13. The summed E-state index contributed by atoms with van der Waals surface area (Å²) in [7, 11) is 0. The predicted molar refractivity (Wildman–Crippen MR) is 339 cm³/mol. The average Bonchev–Trinajstić information content (AvgIpc) is 1.99. The van der Waals surface area contributed by atoms with Gasteiger partial charge in [-0.15, -0.1) is 0 Å². The Kier molecular flexibility index (Phi) is 8.91. The molecule has 0 aliphatic heterocycles. The van der Waals surface area contributed by atoms with Crippen molar-refractivity contribution in [3.8, 4) is 68.0 Å². The van der Waals surface area contributed by atoms with Gasteiger partial charge in [0, 0.05) is 44.2 Å². The normalized spacial score (nSPS) is 16.8. The summed E-state index contributed by atoms with van der Waals surface area (Å²) in [6, 6.07) is 95.1. The summed E-state index contributed by atoms with van der Waals surface area (Å²) in [6.45, 7) is 0. The van der Waals surface area contributed by atoms with Crippen LogP contribution < -0.4 is 0 Å². The lowest BCUT2D eigenvalue weighted by Gasteiger charge is -2.31. The Balaban J connectivity index is 1.05. The summed E-state index contributed by atoms with van der Waals surface area (Å²) in [5.74, 6) is -0.334. The standard InChI is InChI=1S/C79H46N4/c80-42-65-66(43-81)79(83-68-38-32-50(45-17-5-2-6-18-45)40-62(68)60-36-28-47-20-8-10-22-52(47)77(60)83)75-64-41-63(70-55-25-13-11-23-53(55)57-33-29-48-30-34-58-54-24-12-14-26-56(54)71(64)73(58)69(48)72(57)70)74(75)78(65)82-67-37-31-49(44-15-3-1-4-16-44)39-61(67)59-35-27-46-19-7-9-21-51(46)76(59)82/h1-40,63-64,70-71H,41H2. The van der Waals surface area contributed by atoms with E-state index >= 15 is 0 Å². The third-order valence-corrected chi connectivity index (χ3v) is 19.8. The molecule has 0 radical (unpaired) electrons. The molecular weight excluding hydrogens is 1000 g/mol. The van der Waals surface area contributed by atoms with Crippen molar-refractivity contribution >= 4 is 75.9 Å². The zero-order valence-corrected chi connectivity index (χ0v) is 44.9. The summed E-state index contributed by atoms with van der Waals surface area (Å²) in [4.78, 5) is 0. The highest BCUT2D eigenvalue weighted by Gasteiger charge is 2.53. The first-order valence-corrected chi connectivity index (χ1v) is 29.0. The van der Waals surface area contributed by atoms with Crippen molar-refractivity contribution in [3.63, 3.8) is 0 Å². The van der Waals surface area contributed by atoms with Crippen LogP contribution in [0, 0.1) is 22.7 Å².